The number of carbonyl (C=O) groups is 1. The van der Waals surface area contributed by atoms with E-state index < -0.39 is 11.6 Å². The molecule has 0 aliphatic carbocycles. The average molecular weight is 547 g/mol. The summed E-state index contributed by atoms with van der Waals surface area (Å²) < 4.78 is 8.51. The highest BCUT2D eigenvalue weighted by atomic mass is 35.5. The Kier molecular flexibility index (Phi) is 8.62. The van der Waals surface area contributed by atoms with Crippen LogP contribution in [0.4, 0.5) is 0 Å². The van der Waals surface area contributed by atoms with E-state index in [1.165, 1.54) is 41.0 Å². The lowest BCUT2D eigenvalue weighted by atomic mass is 10.0. The molecule has 1 atom stereocenters. The van der Waals surface area contributed by atoms with E-state index in [0.29, 0.717) is 57.5 Å². The standard InChI is InChI=1S/C27H27ClN8O3/c1-5-7-24(27(38)32-19(6-2)13-22-17(3)29-10-11-30-22)35-15-25(39-4)21(14-26(35)37)20-12-18(28)8-9-23(20)36-16-31-33-34-36/h6,8-16,24H,2,5,7H2,1,3-4H3,(H,32,38)/b19-13+/t24-/m0/s1. The number of pyridine rings is 1. The van der Waals surface area contributed by atoms with Gasteiger partial charge in [-0.15, -0.1) is 5.10 Å². The molecule has 1 N–H and O–H groups in total. The molecule has 4 aromatic rings. The number of amides is 1. The molecule has 0 spiro atoms. The number of methoxy groups -OCH3 is 1. The monoisotopic (exact) mass is 546 g/mol. The largest absolute Gasteiger partial charge is 0.495 e. The summed E-state index contributed by atoms with van der Waals surface area (Å²) >= 11 is 6.30. The summed E-state index contributed by atoms with van der Waals surface area (Å²) in [6.07, 6.45) is 10.4. The van der Waals surface area contributed by atoms with Crippen LogP contribution >= 0.6 is 11.6 Å². The predicted molar refractivity (Wildman–Crippen MR) is 147 cm³/mol. The van der Waals surface area contributed by atoms with Crippen molar-refractivity contribution in [1.29, 1.82) is 0 Å². The first kappa shape index (κ1) is 27.4. The third kappa shape index (κ3) is 6.10. The van der Waals surface area contributed by atoms with Crippen molar-refractivity contribution in [2.45, 2.75) is 32.7 Å². The van der Waals surface area contributed by atoms with Gasteiger partial charge in [0.25, 0.3) is 5.56 Å². The minimum Gasteiger partial charge on any atom is -0.495 e. The van der Waals surface area contributed by atoms with Crippen LogP contribution in [0.15, 0.2) is 72.3 Å². The molecule has 3 heterocycles. The van der Waals surface area contributed by atoms with Crippen molar-refractivity contribution in [1.82, 2.24) is 40.1 Å². The second kappa shape index (κ2) is 12.3. The zero-order valence-corrected chi connectivity index (χ0v) is 22.5. The van der Waals surface area contributed by atoms with Gasteiger partial charge in [0.05, 0.1) is 30.4 Å². The normalized spacial score (nSPS) is 12.2. The molecule has 3 aromatic heterocycles. The summed E-state index contributed by atoms with van der Waals surface area (Å²) in [4.78, 5) is 35.4. The molecule has 11 nitrogen and oxygen atoms in total. The molecule has 0 aliphatic rings. The number of ether oxygens (including phenoxy) is 1. The van der Waals surface area contributed by atoms with Crippen LogP contribution in [0.5, 0.6) is 5.75 Å². The Morgan fingerprint density at radius 1 is 1.23 bits per heavy atom. The number of halogens is 1. The van der Waals surface area contributed by atoms with Crippen LogP contribution in [-0.2, 0) is 4.79 Å². The summed E-state index contributed by atoms with van der Waals surface area (Å²) in [5.41, 5.74) is 3.01. The smallest absolute Gasteiger partial charge is 0.252 e. The lowest BCUT2D eigenvalue weighted by Crippen LogP contribution is -2.36. The van der Waals surface area contributed by atoms with Gasteiger partial charge in [-0.1, -0.05) is 31.5 Å². The van der Waals surface area contributed by atoms with Crippen LogP contribution in [0, 0.1) is 6.92 Å². The van der Waals surface area contributed by atoms with Crippen molar-refractivity contribution < 1.29 is 9.53 Å². The highest BCUT2D eigenvalue weighted by molar-refractivity contribution is 6.31. The predicted octanol–water partition coefficient (Wildman–Crippen LogP) is 3.94. The fraction of sp³-hybridized carbons (Fsp3) is 0.222. The van der Waals surface area contributed by atoms with Gasteiger partial charge < -0.3 is 10.1 Å². The van der Waals surface area contributed by atoms with Crippen LogP contribution in [-0.4, -0.2) is 47.8 Å². The van der Waals surface area contributed by atoms with Crippen LogP contribution in [0.3, 0.4) is 0 Å². The van der Waals surface area contributed by atoms with Crippen molar-refractivity contribution in [2.75, 3.05) is 7.11 Å². The van der Waals surface area contributed by atoms with Crippen LogP contribution in [0.1, 0.15) is 37.2 Å². The second-order valence-electron chi connectivity index (χ2n) is 8.54. The molecule has 1 amide bonds. The molecule has 39 heavy (non-hydrogen) atoms. The number of carbonyl (C=O) groups excluding carboxylic acids is 1. The third-order valence-electron chi connectivity index (χ3n) is 6.01. The molecule has 0 radical (unpaired) electrons. The molecular weight excluding hydrogens is 520 g/mol. The number of aromatic nitrogens is 7. The van der Waals surface area contributed by atoms with Crippen molar-refractivity contribution in [3.63, 3.8) is 0 Å². The first-order valence-corrected chi connectivity index (χ1v) is 12.5. The van der Waals surface area contributed by atoms with E-state index >= 15 is 0 Å². The van der Waals surface area contributed by atoms with Crippen molar-refractivity contribution >= 4 is 23.6 Å². The number of hydrogen-bond acceptors (Lipinski definition) is 8. The zero-order chi connectivity index (χ0) is 27.9. The Morgan fingerprint density at radius 3 is 2.69 bits per heavy atom. The molecule has 0 unspecified atom stereocenters. The summed E-state index contributed by atoms with van der Waals surface area (Å²) in [5.74, 6) is -0.00616. The van der Waals surface area contributed by atoms with Crippen LogP contribution < -0.4 is 15.6 Å². The van der Waals surface area contributed by atoms with E-state index in [4.69, 9.17) is 16.3 Å². The highest BCUT2D eigenvalue weighted by Gasteiger charge is 2.24. The van der Waals surface area contributed by atoms with Gasteiger partial charge in [-0.3, -0.25) is 24.1 Å². The minimum absolute atomic E-state index is 0.370. The van der Waals surface area contributed by atoms with E-state index in [0.717, 1.165) is 0 Å². The molecule has 12 heteroatoms. The molecular formula is C27H27ClN8O3. The average Bonchev–Trinajstić information content (AvgIpc) is 3.47. The number of rotatable bonds is 10. The zero-order valence-electron chi connectivity index (χ0n) is 21.7. The summed E-state index contributed by atoms with van der Waals surface area (Å²) in [5, 5.41) is 14.7. The SMILES string of the molecule is C=C/C(=C\c1nccnc1C)NC(=O)[C@H](CCC)n1cc(OC)c(-c2cc(Cl)ccc2-n2cnnn2)cc1=O. The van der Waals surface area contributed by atoms with E-state index in [1.807, 2.05) is 13.8 Å². The molecule has 1 aromatic carbocycles. The second-order valence-corrected chi connectivity index (χ2v) is 8.98. The maximum Gasteiger partial charge on any atom is 0.252 e. The van der Waals surface area contributed by atoms with Crippen LogP contribution in [0.2, 0.25) is 5.02 Å². The maximum absolute atomic E-state index is 13.5. The summed E-state index contributed by atoms with van der Waals surface area (Å²) in [6, 6.07) is 5.75. The quantitative estimate of drug-likeness (QED) is 0.296. The Bertz CT molecular complexity index is 1580. The Balaban J connectivity index is 1.74. The summed E-state index contributed by atoms with van der Waals surface area (Å²) in [6.45, 7) is 7.56. The number of nitrogens with one attached hydrogen (secondary N) is 1. The van der Waals surface area contributed by atoms with Crippen molar-refractivity contribution in [2.24, 2.45) is 0 Å². The number of nitrogens with zero attached hydrogens (tertiary/aromatic N) is 7. The molecule has 4 rings (SSSR count). The first-order chi connectivity index (χ1) is 18.9. The number of aryl methyl sites for hydroxylation is 1. The van der Waals surface area contributed by atoms with E-state index in [9.17, 15) is 9.59 Å². The third-order valence-corrected chi connectivity index (χ3v) is 6.24. The number of benzene rings is 1. The van der Waals surface area contributed by atoms with Crippen molar-refractivity contribution in [3.8, 4) is 22.6 Å². The Morgan fingerprint density at radius 2 is 2.03 bits per heavy atom. The molecule has 200 valence electrons. The van der Waals surface area contributed by atoms with Gasteiger partial charge in [-0.25, -0.2) is 0 Å². The van der Waals surface area contributed by atoms with Gasteiger partial charge in [0.1, 0.15) is 18.1 Å². The minimum atomic E-state index is -0.810. The Labute approximate surface area is 229 Å². The maximum atomic E-state index is 13.5. The van der Waals surface area contributed by atoms with E-state index in [1.54, 1.807) is 36.7 Å². The van der Waals surface area contributed by atoms with Gasteiger partial charge in [0, 0.05) is 40.3 Å². The molecule has 0 aliphatic heterocycles. The van der Waals surface area contributed by atoms with Gasteiger partial charge in [-0.05, 0) is 54.1 Å². The van der Waals surface area contributed by atoms with E-state index in [-0.39, 0.29) is 5.91 Å². The van der Waals surface area contributed by atoms with Gasteiger partial charge in [0.15, 0.2) is 0 Å². The van der Waals surface area contributed by atoms with E-state index in [2.05, 4.69) is 37.4 Å². The number of allylic oxidation sites excluding steroid dienone is 1. The highest BCUT2D eigenvalue weighted by Crippen LogP contribution is 2.35. The molecule has 0 saturated heterocycles. The van der Waals surface area contributed by atoms with Crippen LogP contribution in [0.25, 0.3) is 22.9 Å². The van der Waals surface area contributed by atoms with Gasteiger partial charge in [0.2, 0.25) is 5.91 Å². The lowest BCUT2D eigenvalue weighted by Gasteiger charge is -2.21. The molecule has 0 fully saturated rings. The molecule has 0 saturated carbocycles. The number of hydrogen-bond donors (Lipinski definition) is 1. The number of tetrazole rings is 1. The van der Waals surface area contributed by atoms with Crippen molar-refractivity contribution in [3.05, 3.63) is 94.3 Å². The Hall–Kier alpha value is -4.64. The van der Waals surface area contributed by atoms with Gasteiger partial charge >= 0.3 is 0 Å². The summed E-state index contributed by atoms with van der Waals surface area (Å²) in [7, 11) is 1.49. The molecule has 0 bridgehead atoms. The lowest BCUT2D eigenvalue weighted by molar-refractivity contribution is -0.123. The topological polar surface area (TPSA) is 130 Å². The fourth-order valence-electron chi connectivity index (χ4n) is 4.09. The fourth-order valence-corrected chi connectivity index (χ4v) is 4.26. The van der Waals surface area contributed by atoms with Gasteiger partial charge in [-0.2, -0.15) is 4.68 Å². The first-order valence-electron chi connectivity index (χ1n) is 12.1.